The number of hydrogen-bond donors (Lipinski definition) is 1. The zero-order valence-corrected chi connectivity index (χ0v) is 21.5. The van der Waals surface area contributed by atoms with Crippen molar-refractivity contribution in [2.75, 3.05) is 0 Å². The van der Waals surface area contributed by atoms with Crippen molar-refractivity contribution in [2.45, 2.75) is 78.9 Å². The third-order valence-corrected chi connectivity index (χ3v) is 10.3. The van der Waals surface area contributed by atoms with Gasteiger partial charge in [-0.3, -0.25) is 4.79 Å². The Kier molecular flexibility index (Phi) is 11.8. The molecule has 0 radical (unpaired) electrons. The van der Waals surface area contributed by atoms with Crippen LogP contribution in [-0.4, -0.2) is 19.4 Å². The molecule has 0 aliphatic carbocycles. The molecule has 0 bridgehead atoms. The minimum Gasteiger partial charge on any atom is -0.563 e. The van der Waals surface area contributed by atoms with Gasteiger partial charge >= 0.3 is 5.97 Å². The summed E-state index contributed by atoms with van der Waals surface area (Å²) < 4.78 is 6.51. The van der Waals surface area contributed by atoms with Crippen LogP contribution >= 0.6 is 0 Å². The summed E-state index contributed by atoms with van der Waals surface area (Å²) in [4.78, 5) is 10.0. The number of carboxylic acids is 1. The van der Waals surface area contributed by atoms with Crippen LogP contribution in [0.15, 0.2) is 24.3 Å². The Labute approximate surface area is 168 Å². The molecule has 0 spiro atoms. The van der Waals surface area contributed by atoms with Crippen molar-refractivity contribution in [1.29, 1.82) is 0 Å². The van der Waals surface area contributed by atoms with Crippen LogP contribution in [0, 0.1) is 11.5 Å². The quantitative estimate of drug-likeness (QED) is 0.462. The summed E-state index contributed by atoms with van der Waals surface area (Å²) in [6.45, 7) is 18.8. The molecule has 0 atom stereocenters. The Morgan fingerprint density at radius 2 is 1.32 bits per heavy atom. The van der Waals surface area contributed by atoms with E-state index in [1.54, 1.807) is 20.8 Å². The van der Waals surface area contributed by atoms with Crippen LogP contribution in [0.2, 0.25) is 16.6 Å². The third kappa shape index (κ3) is 8.04. The number of benzene rings is 1. The van der Waals surface area contributed by atoms with Crippen LogP contribution < -0.4 is 4.43 Å². The molecular formula is C20H35O3SiZn-. The second kappa shape index (κ2) is 11.1. The van der Waals surface area contributed by atoms with Gasteiger partial charge in [0.2, 0.25) is 0 Å². The van der Waals surface area contributed by atoms with Gasteiger partial charge in [-0.1, -0.05) is 41.5 Å². The molecule has 1 rings (SSSR count). The van der Waals surface area contributed by atoms with Crippen LogP contribution in [0.3, 0.4) is 0 Å². The Morgan fingerprint density at radius 1 is 1.00 bits per heavy atom. The van der Waals surface area contributed by atoms with Crippen molar-refractivity contribution in [3.8, 4) is 5.75 Å². The number of aliphatic carboxylic acids is 1. The van der Waals surface area contributed by atoms with Gasteiger partial charge in [0.1, 0.15) is 0 Å². The normalized spacial score (nSPS) is 11.7. The van der Waals surface area contributed by atoms with Gasteiger partial charge < -0.3 is 9.53 Å². The summed E-state index contributed by atoms with van der Waals surface area (Å²) in [6.07, 6.45) is 0. The number of rotatable bonds is 5. The van der Waals surface area contributed by atoms with Gasteiger partial charge in [-0.05, 0) is 43.1 Å². The van der Waals surface area contributed by atoms with Crippen molar-refractivity contribution in [3.63, 3.8) is 0 Å². The minimum atomic E-state index is -1.78. The first-order valence-corrected chi connectivity index (χ1v) is 10.9. The smallest absolute Gasteiger partial charge is 0.308 e. The summed E-state index contributed by atoms with van der Waals surface area (Å²) in [5, 5.41) is 8.25. The van der Waals surface area contributed by atoms with E-state index >= 15 is 0 Å². The molecule has 0 saturated heterocycles. The molecule has 0 aliphatic heterocycles. The monoisotopic (exact) mass is 415 g/mol. The average molecular weight is 417 g/mol. The zero-order valence-electron chi connectivity index (χ0n) is 17.5. The van der Waals surface area contributed by atoms with Gasteiger partial charge in [0.15, 0.2) is 0 Å². The Balaban J connectivity index is 0. The van der Waals surface area contributed by atoms with Gasteiger partial charge in [-0.2, -0.15) is 18.2 Å². The van der Waals surface area contributed by atoms with Crippen LogP contribution in [0.4, 0.5) is 0 Å². The maximum atomic E-state index is 10.0. The minimum absolute atomic E-state index is 0. The predicted octanol–water partition coefficient (Wildman–Crippen LogP) is 6.16. The van der Waals surface area contributed by atoms with E-state index in [0.717, 1.165) is 5.75 Å². The number of hydrogen-bond acceptors (Lipinski definition) is 2. The largest absolute Gasteiger partial charge is 0.563 e. The van der Waals surface area contributed by atoms with Crippen LogP contribution in [-0.2, 0) is 24.3 Å². The van der Waals surface area contributed by atoms with Crippen LogP contribution in [0.5, 0.6) is 5.75 Å². The maximum absolute atomic E-state index is 10.0. The first-order valence-electron chi connectivity index (χ1n) is 8.74. The summed E-state index contributed by atoms with van der Waals surface area (Å²) in [6, 6.07) is 10.9. The standard InChI is InChI=1S/C15H25OSi.C5H10O2.Zn/c1-12(2)17(13(3)4,14(5)6)16-15-10-8-7-9-11-15;1-5(2,3)4(6)7;/h8-14H,1-6H3;1-3H3,(H,6,7);/q-1;;. The molecule has 0 amide bonds. The SMILES string of the molecule is CC(C)(C)C(=O)O.CC(C)[Si](Oc1cc[c-]cc1)(C(C)C)C(C)C.[Zn]. The van der Waals surface area contributed by atoms with E-state index in [-0.39, 0.29) is 19.5 Å². The summed E-state index contributed by atoms with van der Waals surface area (Å²) in [5.74, 6) is 0.249. The van der Waals surface area contributed by atoms with E-state index in [2.05, 4.69) is 47.6 Å². The Hall–Kier alpha value is -0.670. The average Bonchev–Trinajstić information content (AvgIpc) is 2.44. The van der Waals surface area contributed by atoms with Gasteiger partial charge in [-0.15, -0.1) is 12.1 Å². The van der Waals surface area contributed by atoms with Crippen molar-refractivity contribution in [1.82, 2.24) is 0 Å². The van der Waals surface area contributed by atoms with E-state index < -0.39 is 19.7 Å². The third-order valence-electron chi connectivity index (χ3n) is 4.33. The first kappa shape index (κ1) is 26.6. The molecule has 0 heterocycles. The van der Waals surface area contributed by atoms with Crippen molar-refractivity contribution in [3.05, 3.63) is 30.3 Å². The Morgan fingerprint density at radius 3 is 1.56 bits per heavy atom. The fraction of sp³-hybridized carbons (Fsp3) is 0.650. The number of carboxylic acid groups (broad SMARTS) is 1. The predicted molar refractivity (Wildman–Crippen MR) is 104 cm³/mol. The molecule has 25 heavy (non-hydrogen) atoms. The van der Waals surface area contributed by atoms with Gasteiger partial charge in [0.25, 0.3) is 8.32 Å². The van der Waals surface area contributed by atoms with Gasteiger partial charge in [-0.25, -0.2) is 0 Å². The molecule has 0 unspecified atom stereocenters. The molecule has 140 valence electrons. The summed E-state index contributed by atoms with van der Waals surface area (Å²) in [5.41, 5.74) is 1.27. The topological polar surface area (TPSA) is 46.5 Å². The first-order chi connectivity index (χ1) is 10.9. The maximum Gasteiger partial charge on any atom is 0.308 e. The fourth-order valence-electron chi connectivity index (χ4n) is 3.00. The molecule has 0 aromatic heterocycles. The van der Waals surface area contributed by atoms with E-state index in [4.69, 9.17) is 9.53 Å². The Bertz CT molecular complexity index is 472. The molecule has 0 aliphatic rings. The van der Waals surface area contributed by atoms with Gasteiger partial charge in [0, 0.05) is 19.5 Å². The van der Waals surface area contributed by atoms with E-state index in [1.807, 2.05) is 24.3 Å². The molecule has 1 aromatic carbocycles. The number of carbonyl (C=O) groups is 1. The molecule has 3 nitrogen and oxygen atoms in total. The molecule has 1 aromatic rings. The van der Waals surface area contributed by atoms with Crippen molar-refractivity contribution in [2.24, 2.45) is 5.41 Å². The molecule has 5 heteroatoms. The molecule has 1 N–H and O–H groups in total. The summed E-state index contributed by atoms with van der Waals surface area (Å²) in [7, 11) is -1.78. The zero-order chi connectivity index (χ0) is 19.1. The second-order valence-electron chi connectivity index (χ2n) is 8.21. The van der Waals surface area contributed by atoms with E-state index in [1.165, 1.54) is 0 Å². The fourth-order valence-corrected chi connectivity index (χ4v) is 8.25. The van der Waals surface area contributed by atoms with Gasteiger partial charge in [0.05, 0.1) is 5.41 Å². The van der Waals surface area contributed by atoms with Crippen LogP contribution in [0.25, 0.3) is 0 Å². The van der Waals surface area contributed by atoms with Crippen molar-refractivity contribution >= 4 is 14.3 Å². The summed E-state index contributed by atoms with van der Waals surface area (Å²) >= 11 is 0. The molecule has 0 saturated carbocycles. The van der Waals surface area contributed by atoms with E-state index in [9.17, 15) is 4.79 Å². The van der Waals surface area contributed by atoms with Crippen molar-refractivity contribution < 1.29 is 33.8 Å². The van der Waals surface area contributed by atoms with Crippen LogP contribution in [0.1, 0.15) is 62.3 Å². The van der Waals surface area contributed by atoms with E-state index in [0.29, 0.717) is 16.6 Å². The second-order valence-corrected chi connectivity index (χ2v) is 13.6. The molecule has 0 fully saturated rings. The molecular weight excluding hydrogens is 382 g/mol.